The Kier molecular flexibility index (Phi) is 2.79. The summed E-state index contributed by atoms with van der Waals surface area (Å²) in [7, 11) is 0. The summed E-state index contributed by atoms with van der Waals surface area (Å²) < 4.78 is 1.89. The Labute approximate surface area is 113 Å². The molecule has 0 spiro atoms. The lowest BCUT2D eigenvalue weighted by Gasteiger charge is -1.89. The Bertz CT molecular complexity index is 727. The molecule has 0 saturated heterocycles. The van der Waals surface area contributed by atoms with E-state index in [2.05, 4.69) is 9.97 Å². The fraction of sp³-hybridized carbons (Fsp3) is 0.154. The van der Waals surface area contributed by atoms with Crippen LogP contribution in [0.25, 0.3) is 16.3 Å². The van der Waals surface area contributed by atoms with Crippen molar-refractivity contribution in [1.82, 2.24) is 14.4 Å². The van der Waals surface area contributed by atoms with E-state index in [9.17, 15) is 4.79 Å². The van der Waals surface area contributed by atoms with Crippen LogP contribution in [0.5, 0.6) is 0 Å². The Balaban J connectivity index is 2.13. The smallest absolute Gasteiger partial charge is 0.347 e. The number of aryl methyl sites for hydroxylation is 1. The van der Waals surface area contributed by atoms with Gasteiger partial charge in [-0.1, -0.05) is 13.0 Å². The predicted octanol–water partition coefficient (Wildman–Crippen LogP) is 2.72. The zero-order valence-electron chi connectivity index (χ0n) is 10.2. The molecule has 0 radical (unpaired) electrons. The molecule has 0 fully saturated rings. The summed E-state index contributed by atoms with van der Waals surface area (Å²) >= 11 is 1.17. The first-order valence-electron chi connectivity index (χ1n) is 5.86. The SMILES string of the molecule is CCc1nc(-c2cn3ccccc3n2)sc1C(=O)O. The second-order valence-corrected chi connectivity index (χ2v) is 5.04. The number of imidazole rings is 1. The zero-order chi connectivity index (χ0) is 13.4. The molecule has 0 amide bonds. The molecular weight excluding hydrogens is 262 g/mol. The molecule has 0 aliphatic rings. The highest BCUT2D eigenvalue weighted by atomic mass is 32.1. The third kappa shape index (κ3) is 2.00. The highest BCUT2D eigenvalue weighted by molar-refractivity contribution is 7.17. The van der Waals surface area contributed by atoms with E-state index < -0.39 is 5.97 Å². The maximum atomic E-state index is 11.1. The lowest BCUT2D eigenvalue weighted by Crippen LogP contribution is -1.97. The van der Waals surface area contributed by atoms with Gasteiger partial charge in [-0.05, 0) is 18.6 Å². The summed E-state index contributed by atoms with van der Waals surface area (Å²) in [6.07, 6.45) is 4.36. The number of hydrogen-bond acceptors (Lipinski definition) is 4. The summed E-state index contributed by atoms with van der Waals surface area (Å²) in [5.41, 5.74) is 2.14. The fourth-order valence-electron chi connectivity index (χ4n) is 1.91. The van der Waals surface area contributed by atoms with E-state index in [1.54, 1.807) is 0 Å². The lowest BCUT2D eigenvalue weighted by molar-refractivity contribution is 0.0701. The van der Waals surface area contributed by atoms with Crippen LogP contribution in [0.3, 0.4) is 0 Å². The molecular formula is C13H11N3O2S. The normalized spacial score (nSPS) is 11.0. The number of aromatic carboxylic acids is 1. The van der Waals surface area contributed by atoms with E-state index >= 15 is 0 Å². The van der Waals surface area contributed by atoms with Gasteiger partial charge < -0.3 is 9.51 Å². The minimum absolute atomic E-state index is 0.301. The molecule has 5 nitrogen and oxygen atoms in total. The van der Waals surface area contributed by atoms with Gasteiger partial charge in [0.05, 0.1) is 5.69 Å². The van der Waals surface area contributed by atoms with Crippen LogP contribution in [0, 0.1) is 0 Å². The summed E-state index contributed by atoms with van der Waals surface area (Å²) in [6, 6.07) is 5.73. The first-order chi connectivity index (χ1) is 9.19. The average Bonchev–Trinajstić information content (AvgIpc) is 3.02. The summed E-state index contributed by atoms with van der Waals surface area (Å²) in [5, 5.41) is 9.79. The number of thiazole rings is 1. The van der Waals surface area contributed by atoms with Crippen LogP contribution in [0.2, 0.25) is 0 Å². The number of carbonyl (C=O) groups is 1. The van der Waals surface area contributed by atoms with Gasteiger partial charge in [-0.25, -0.2) is 14.8 Å². The van der Waals surface area contributed by atoms with Gasteiger partial charge in [0.2, 0.25) is 0 Å². The highest BCUT2D eigenvalue weighted by Gasteiger charge is 2.18. The van der Waals surface area contributed by atoms with Crippen LogP contribution in [-0.2, 0) is 6.42 Å². The Morgan fingerprint density at radius 3 is 2.89 bits per heavy atom. The van der Waals surface area contributed by atoms with Crippen LogP contribution in [-0.4, -0.2) is 25.4 Å². The maximum Gasteiger partial charge on any atom is 0.347 e. The van der Waals surface area contributed by atoms with Gasteiger partial charge in [-0.2, -0.15) is 0 Å². The molecule has 0 unspecified atom stereocenters. The van der Waals surface area contributed by atoms with Crippen molar-refractivity contribution in [1.29, 1.82) is 0 Å². The number of nitrogens with zero attached hydrogens (tertiary/aromatic N) is 3. The molecule has 3 rings (SSSR count). The Morgan fingerprint density at radius 1 is 1.42 bits per heavy atom. The number of carboxylic acids is 1. The molecule has 0 atom stereocenters. The van der Waals surface area contributed by atoms with Crippen molar-refractivity contribution in [2.45, 2.75) is 13.3 Å². The van der Waals surface area contributed by atoms with Gasteiger partial charge in [0.1, 0.15) is 21.2 Å². The Hall–Kier alpha value is -2.21. The number of pyridine rings is 1. The van der Waals surface area contributed by atoms with Crippen molar-refractivity contribution in [3.8, 4) is 10.7 Å². The van der Waals surface area contributed by atoms with Gasteiger partial charge >= 0.3 is 5.97 Å². The van der Waals surface area contributed by atoms with Crippen molar-refractivity contribution >= 4 is 23.0 Å². The number of fused-ring (bicyclic) bond motifs is 1. The third-order valence-electron chi connectivity index (χ3n) is 2.81. The average molecular weight is 273 g/mol. The first-order valence-corrected chi connectivity index (χ1v) is 6.67. The van der Waals surface area contributed by atoms with Gasteiger partial charge in [-0.15, -0.1) is 11.3 Å². The second-order valence-electron chi connectivity index (χ2n) is 4.05. The van der Waals surface area contributed by atoms with Crippen LogP contribution >= 0.6 is 11.3 Å². The van der Waals surface area contributed by atoms with Crippen molar-refractivity contribution in [3.05, 3.63) is 41.2 Å². The fourth-order valence-corrected chi connectivity index (χ4v) is 2.85. The molecule has 6 heteroatoms. The molecule has 0 aromatic carbocycles. The second kappa shape index (κ2) is 4.47. The largest absolute Gasteiger partial charge is 0.477 e. The third-order valence-corrected chi connectivity index (χ3v) is 3.92. The van der Waals surface area contributed by atoms with Gasteiger partial charge in [0.25, 0.3) is 0 Å². The molecule has 0 aliphatic carbocycles. The molecule has 0 bridgehead atoms. The topological polar surface area (TPSA) is 67.5 Å². The van der Waals surface area contributed by atoms with Crippen molar-refractivity contribution in [3.63, 3.8) is 0 Å². The van der Waals surface area contributed by atoms with Crippen LogP contribution in [0.4, 0.5) is 0 Å². The number of rotatable bonds is 3. The van der Waals surface area contributed by atoms with E-state index in [-0.39, 0.29) is 0 Å². The van der Waals surface area contributed by atoms with Gasteiger partial charge in [0.15, 0.2) is 0 Å². The Morgan fingerprint density at radius 2 is 2.26 bits per heavy atom. The minimum atomic E-state index is -0.927. The monoisotopic (exact) mass is 273 g/mol. The summed E-state index contributed by atoms with van der Waals surface area (Å²) in [5.74, 6) is -0.927. The van der Waals surface area contributed by atoms with E-state index in [1.807, 2.05) is 41.9 Å². The standard InChI is InChI=1S/C13H11N3O2S/c1-2-8-11(13(17)18)19-12(15-8)9-7-16-6-4-3-5-10(16)14-9/h3-7H,2H2,1H3,(H,17,18). The van der Waals surface area contributed by atoms with E-state index in [0.717, 1.165) is 5.65 Å². The molecule has 1 N–H and O–H groups in total. The maximum absolute atomic E-state index is 11.1. The number of carboxylic acid groups (broad SMARTS) is 1. The molecule has 3 aromatic heterocycles. The molecule has 96 valence electrons. The quantitative estimate of drug-likeness (QED) is 0.796. The summed E-state index contributed by atoms with van der Waals surface area (Å²) in [6.45, 7) is 1.90. The minimum Gasteiger partial charge on any atom is -0.477 e. The summed E-state index contributed by atoms with van der Waals surface area (Å²) in [4.78, 5) is 20.3. The highest BCUT2D eigenvalue weighted by Crippen LogP contribution is 2.28. The van der Waals surface area contributed by atoms with Crippen LogP contribution in [0.1, 0.15) is 22.3 Å². The molecule has 3 heterocycles. The van der Waals surface area contributed by atoms with E-state index in [4.69, 9.17) is 5.11 Å². The lowest BCUT2D eigenvalue weighted by atomic mass is 10.3. The zero-order valence-corrected chi connectivity index (χ0v) is 11.0. The van der Waals surface area contributed by atoms with Crippen molar-refractivity contribution in [2.75, 3.05) is 0 Å². The predicted molar refractivity (Wildman–Crippen MR) is 72.6 cm³/mol. The van der Waals surface area contributed by atoms with E-state index in [1.165, 1.54) is 11.3 Å². The van der Waals surface area contributed by atoms with Crippen LogP contribution < -0.4 is 0 Å². The number of hydrogen-bond donors (Lipinski definition) is 1. The van der Waals surface area contributed by atoms with E-state index in [0.29, 0.717) is 27.7 Å². The van der Waals surface area contributed by atoms with Gasteiger partial charge in [0, 0.05) is 12.4 Å². The van der Waals surface area contributed by atoms with Crippen LogP contribution in [0.15, 0.2) is 30.6 Å². The molecule has 3 aromatic rings. The van der Waals surface area contributed by atoms with Crippen molar-refractivity contribution in [2.24, 2.45) is 0 Å². The first kappa shape index (κ1) is 11.9. The number of aromatic nitrogens is 3. The molecule has 19 heavy (non-hydrogen) atoms. The van der Waals surface area contributed by atoms with Gasteiger partial charge in [-0.3, -0.25) is 0 Å². The molecule has 0 saturated carbocycles. The molecule has 0 aliphatic heterocycles. The van der Waals surface area contributed by atoms with Crippen molar-refractivity contribution < 1.29 is 9.90 Å².